The minimum Gasteiger partial charge on any atom is -0.396 e. The Hall–Kier alpha value is -0.220. The van der Waals surface area contributed by atoms with Crippen LogP contribution >= 0.6 is 11.8 Å². The molecule has 90 valence electrons. The second-order valence-electron chi connectivity index (χ2n) is 3.88. The van der Waals surface area contributed by atoms with Crippen LogP contribution in [0, 0.1) is 5.41 Å². The van der Waals surface area contributed by atoms with Gasteiger partial charge in [0, 0.05) is 24.1 Å². The van der Waals surface area contributed by atoms with E-state index in [1.807, 2.05) is 20.1 Å². The molecule has 0 unspecified atom stereocenters. The Balaban J connectivity index is 3.93. The van der Waals surface area contributed by atoms with Gasteiger partial charge in [0.1, 0.15) is 0 Å². The van der Waals surface area contributed by atoms with E-state index in [0.717, 1.165) is 18.6 Å². The molecule has 0 aromatic heterocycles. The molecule has 0 fully saturated rings. The molecule has 3 nitrogen and oxygen atoms in total. The molecule has 0 aromatic rings. The van der Waals surface area contributed by atoms with Crippen molar-refractivity contribution in [1.29, 1.82) is 0 Å². The first-order valence-electron chi connectivity index (χ1n) is 5.50. The van der Waals surface area contributed by atoms with Crippen molar-refractivity contribution in [2.75, 3.05) is 25.2 Å². The van der Waals surface area contributed by atoms with Crippen molar-refractivity contribution in [3.05, 3.63) is 0 Å². The van der Waals surface area contributed by atoms with E-state index in [1.54, 1.807) is 11.8 Å². The van der Waals surface area contributed by atoms with Gasteiger partial charge in [-0.25, -0.2) is 0 Å². The zero-order valence-electron chi connectivity index (χ0n) is 10.0. The molecule has 0 saturated heterocycles. The summed E-state index contributed by atoms with van der Waals surface area (Å²) >= 11 is 1.67. The highest BCUT2D eigenvalue weighted by Gasteiger charge is 2.25. The fraction of sp³-hybridized carbons (Fsp3) is 0.909. The standard InChI is InChI=1S/C11H23NO2S/c1-4-11(5-2,9-13)8-12-10(14)6-7-15-3/h13H,4-9H2,1-3H3,(H,12,14). The lowest BCUT2D eigenvalue weighted by Gasteiger charge is -2.29. The molecule has 0 radical (unpaired) electrons. The molecule has 4 heteroatoms. The van der Waals surface area contributed by atoms with E-state index in [0.29, 0.717) is 13.0 Å². The number of hydrogen-bond donors (Lipinski definition) is 2. The number of rotatable bonds is 8. The van der Waals surface area contributed by atoms with Crippen molar-refractivity contribution >= 4 is 17.7 Å². The first-order chi connectivity index (χ1) is 7.14. The fourth-order valence-electron chi connectivity index (χ4n) is 1.35. The van der Waals surface area contributed by atoms with Gasteiger partial charge < -0.3 is 10.4 Å². The molecule has 0 aliphatic rings. The summed E-state index contributed by atoms with van der Waals surface area (Å²) in [6, 6.07) is 0. The Morgan fingerprint density at radius 1 is 1.40 bits per heavy atom. The van der Waals surface area contributed by atoms with E-state index in [4.69, 9.17) is 0 Å². The van der Waals surface area contributed by atoms with Crippen LogP contribution in [-0.2, 0) is 4.79 Å². The van der Waals surface area contributed by atoms with Gasteiger partial charge in [-0.3, -0.25) is 4.79 Å². The van der Waals surface area contributed by atoms with Crippen molar-refractivity contribution in [1.82, 2.24) is 5.32 Å². The normalized spacial score (nSPS) is 11.5. The van der Waals surface area contributed by atoms with Crippen LogP contribution in [0.3, 0.4) is 0 Å². The van der Waals surface area contributed by atoms with E-state index in [9.17, 15) is 9.90 Å². The van der Waals surface area contributed by atoms with E-state index in [1.165, 1.54) is 0 Å². The lowest BCUT2D eigenvalue weighted by atomic mass is 9.83. The van der Waals surface area contributed by atoms with Crippen molar-refractivity contribution in [3.8, 4) is 0 Å². The molecule has 0 aliphatic carbocycles. The molecule has 0 spiro atoms. The molecule has 0 aromatic carbocycles. The van der Waals surface area contributed by atoms with Crippen LogP contribution in [0.15, 0.2) is 0 Å². The first-order valence-corrected chi connectivity index (χ1v) is 6.90. The Morgan fingerprint density at radius 2 is 2.00 bits per heavy atom. The van der Waals surface area contributed by atoms with Gasteiger partial charge in [0.15, 0.2) is 0 Å². The number of thioether (sulfide) groups is 1. The van der Waals surface area contributed by atoms with Gasteiger partial charge in [-0.05, 0) is 19.1 Å². The molecule has 2 N–H and O–H groups in total. The maximum Gasteiger partial charge on any atom is 0.220 e. The Labute approximate surface area is 97.0 Å². The summed E-state index contributed by atoms with van der Waals surface area (Å²) in [5.74, 6) is 0.944. The minimum atomic E-state index is -0.130. The third kappa shape index (κ3) is 5.42. The van der Waals surface area contributed by atoms with E-state index >= 15 is 0 Å². The highest BCUT2D eigenvalue weighted by molar-refractivity contribution is 7.98. The quantitative estimate of drug-likeness (QED) is 0.670. The molecule has 0 atom stereocenters. The second-order valence-corrected chi connectivity index (χ2v) is 4.87. The van der Waals surface area contributed by atoms with Gasteiger partial charge >= 0.3 is 0 Å². The summed E-state index contributed by atoms with van der Waals surface area (Å²) in [6.45, 7) is 4.83. The van der Waals surface area contributed by atoms with E-state index in [-0.39, 0.29) is 17.9 Å². The predicted octanol–water partition coefficient (Wildman–Crippen LogP) is 1.65. The second kappa shape index (κ2) is 7.99. The average Bonchev–Trinajstić information content (AvgIpc) is 2.29. The lowest BCUT2D eigenvalue weighted by molar-refractivity contribution is -0.121. The van der Waals surface area contributed by atoms with Crippen LogP contribution < -0.4 is 5.32 Å². The zero-order chi connectivity index (χ0) is 11.7. The maximum absolute atomic E-state index is 11.4. The van der Waals surface area contributed by atoms with Crippen LogP contribution in [0.25, 0.3) is 0 Å². The van der Waals surface area contributed by atoms with Crippen LogP contribution in [0.4, 0.5) is 0 Å². The molecular weight excluding hydrogens is 210 g/mol. The van der Waals surface area contributed by atoms with E-state index in [2.05, 4.69) is 5.32 Å². The van der Waals surface area contributed by atoms with Gasteiger partial charge in [0.25, 0.3) is 0 Å². The molecule has 0 aliphatic heterocycles. The number of aliphatic hydroxyl groups is 1. The molecule has 15 heavy (non-hydrogen) atoms. The average molecular weight is 233 g/mol. The SMILES string of the molecule is CCC(CC)(CO)CNC(=O)CCSC. The highest BCUT2D eigenvalue weighted by Crippen LogP contribution is 2.24. The highest BCUT2D eigenvalue weighted by atomic mass is 32.2. The summed E-state index contributed by atoms with van der Waals surface area (Å²) in [5, 5.41) is 12.2. The van der Waals surface area contributed by atoms with Gasteiger partial charge in [-0.1, -0.05) is 13.8 Å². The largest absolute Gasteiger partial charge is 0.396 e. The summed E-state index contributed by atoms with van der Waals surface area (Å²) < 4.78 is 0. The molecule has 0 bridgehead atoms. The summed E-state index contributed by atoms with van der Waals surface area (Å²) in [4.78, 5) is 11.4. The van der Waals surface area contributed by atoms with Crippen molar-refractivity contribution in [2.45, 2.75) is 33.1 Å². The Kier molecular flexibility index (Phi) is 7.88. The minimum absolute atomic E-state index is 0.0871. The van der Waals surface area contributed by atoms with Crippen LogP contribution in [-0.4, -0.2) is 36.2 Å². The number of aliphatic hydroxyl groups excluding tert-OH is 1. The Morgan fingerprint density at radius 3 is 2.40 bits per heavy atom. The number of carbonyl (C=O) groups is 1. The van der Waals surface area contributed by atoms with Gasteiger partial charge in [0.2, 0.25) is 5.91 Å². The molecule has 0 rings (SSSR count). The third-order valence-corrected chi connectivity index (χ3v) is 3.64. The summed E-state index contributed by atoms with van der Waals surface area (Å²) in [7, 11) is 0. The topological polar surface area (TPSA) is 49.3 Å². The van der Waals surface area contributed by atoms with Gasteiger partial charge in [-0.15, -0.1) is 0 Å². The van der Waals surface area contributed by atoms with Crippen LogP contribution in [0.2, 0.25) is 0 Å². The van der Waals surface area contributed by atoms with E-state index < -0.39 is 0 Å². The van der Waals surface area contributed by atoms with Crippen molar-refractivity contribution < 1.29 is 9.90 Å². The van der Waals surface area contributed by atoms with Crippen molar-refractivity contribution in [2.24, 2.45) is 5.41 Å². The van der Waals surface area contributed by atoms with Crippen molar-refractivity contribution in [3.63, 3.8) is 0 Å². The maximum atomic E-state index is 11.4. The Bertz CT molecular complexity index is 173. The number of amides is 1. The molecule has 0 heterocycles. The molecule has 1 amide bonds. The van der Waals surface area contributed by atoms with Gasteiger partial charge in [-0.2, -0.15) is 11.8 Å². The number of carbonyl (C=O) groups excluding carboxylic acids is 1. The summed E-state index contributed by atoms with van der Waals surface area (Å²) in [5.41, 5.74) is -0.130. The van der Waals surface area contributed by atoms with Crippen LogP contribution in [0.1, 0.15) is 33.1 Å². The smallest absolute Gasteiger partial charge is 0.220 e. The summed E-state index contributed by atoms with van der Waals surface area (Å²) in [6.07, 6.45) is 4.34. The number of nitrogens with one attached hydrogen (secondary N) is 1. The predicted molar refractivity (Wildman–Crippen MR) is 66.1 cm³/mol. The monoisotopic (exact) mass is 233 g/mol. The molecule has 0 saturated carbocycles. The van der Waals surface area contributed by atoms with Gasteiger partial charge in [0.05, 0.1) is 6.61 Å². The van der Waals surface area contributed by atoms with Crippen LogP contribution in [0.5, 0.6) is 0 Å². The number of hydrogen-bond acceptors (Lipinski definition) is 3. The molecular formula is C11H23NO2S. The third-order valence-electron chi connectivity index (χ3n) is 3.03. The fourth-order valence-corrected chi connectivity index (χ4v) is 1.74. The first kappa shape index (κ1) is 14.8. The lowest BCUT2D eigenvalue weighted by Crippen LogP contribution is -2.39. The zero-order valence-corrected chi connectivity index (χ0v) is 10.8.